The van der Waals surface area contributed by atoms with Gasteiger partial charge in [-0.15, -0.1) is 0 Å². The van der Waals surface area contributed by atoms with Crippen LogP contribution in [0, 0.1) is 28.5 Å². The lowest BCUT2D eigenvalue weighted by Gasteiger charge is -2.45. The fourth-order valence-corrected chi connectivity index (χ4v) is 18.3. The number of benzene rings is 11. The highest BCUT2D eigenvalue weighted by molar-refractivity contribution is 9.10. The Labute approximate surface area is 742 Å². The first-order chi connectivity index (χ1) is 58.1. The topological polar surface area (TPSA) is 192 Å². The number of aldehydes is 1. The van der Waals surface area contributed by atoms with Crippen LogP contribution in [0.3, 0.4) is 0 Å². The highest BCUT2D eigenvalue weighted by Gasteiger charge is 2.41. The summed E-state index contributed by atoms with van der Waals surface area (Å²) in [6.45, 7) is 6.88. The number of nitrogens with zero attached hydrogens (tertiary/aromatic N) is 5. The lowest BCUT2D eigenvalue weighted by atomic mass is 9.79. The van der Waals surface area contributed by atoms with Crippen molar-refractivity contribution in [2.45, 2.75) is 100 Å². The van der Waals surface area contributed by atoms with Crippen LogP contribution in [0.15, 0.2) is 258 Å². The van der Waals surface area contributed by atoms with Gasteiger partial charge in [0, 0.05) is 116 Å². The van der Waals surface area contributed by atoms with E-state index in [9.17, 15) is 34.1 Å². The molecule has 0 bridgehead atoms. The van der Waals surface area contributed by atoms with E-state index in [0.717, 1.165) is 156 Å². The molecule has 4 N–H and O–H groups in total. The fourth-order valence-electron chi connectivity index (χ4n) is 16.4. The van der Waals surface area contributed by atoms with E-state index >= 15 is 0 Å². The Morgan fingerprint density at radius 3 is 1.37 bits per heavy atom. The maximum Gasteiger partial charge on any atom is 0.250 e. The quantitative estimate of drug-likeness (QED) is 0.0419. The molecule has 0 unspecified atom stereocenters. The summed E-state index contributed by atoms with van der Waals surface area (Å²) >= 11 is 37.3. The van der Waals surface area contributed by atoms with Crippen LogP contribution in [0.25, 0.3) is 33.4 Å². The van der Waals surface area contributed by atoms with Gasteiger partial charge in [-0.05, 0) is 222 Å². The first-order valence-corrected chi connectivity index (χ1v) is 43.4. The second-order valence-corrected chi connectivity index (χ2v) is 34.7. The first-order valence-electron chi connectivity index (χ1n) is 40.0. The fraction of sp³-hybridized carbons (Fsp3) is 0.258. The maximum atomic E-state index is 13.5. The molecule has 1 aliphatic carbocycles. The Morgan fingerprint density at radius 1 is 0.450 bits per heavy atom. The number of likely N-dealkylation sites (tertiary alicyclic amines) is 3. The SMILES string of the molecule is N#Cc1cccc(-c2ccc(C3(OCC(=O)Nc4cc(Cl)cc(Cl)c4)CCN(Cc4ccc(Br)cc4)CC3)cc2)c1.N#Cc1cccc(-c2ccc(C3(OCC(=O)Nc4cc(Cl)cc(Cl)c4)CCN(Cc4cccc(Br)c4)CC3)cc2)c1.O=Cc1cccc(-c2ccc(C3(NCC(=O)Nc4ccc(F)c(Cl)c4)CCN(C4CCCC4)CC3)cc2)c1. The van der Waals surface area contributed by atoms with Crippen molar-refractivity contribution in [3.8, 4) is 45.5 Å². The van der Waals surface area contributed by atoms with Crippen molar-refractivity contribution in [2.75, 3.05) is 75.0 Å². The summed E-state index contributed by atoms with van der Waals surface area (Å²) in [5.41, 5.74) is 13.6. The Kier molecular flexibility index (Phi) is 30.9. The molecule has 120 heavy (non-hydrogen) atoms. The number of carbonyl (C=O) groups is 4. The van der Waals surface area contributed by atoms with Crippen LogP contribution < -0.4 is 21.3 Å². The number of hydrogen-bond acceptors (Lipinski definition) is 12. The lowest BCUT2D eigenvalue weighted by Crippen LogP contribution is -2.54. The second-order valence-electron chi connectivity index (χ2n) is 30.7. The minimum atomic E-state index is -0.621. The van der Waals surface area contributed by atoms with Gasteiger partial charge in [0.1, 0.15) is 25.3 Å². The smallest absolute Gasteiger partial charge is 0.250 e. The maximum absolute atomic E-state index is 13.5. The van der Waals surface area contributed by atoms with E-state index in [2.05, 4.69) is 195 Å². The molecule has 3 heterocycles. The predicted molar refractivity (Wildman–Crippen MR) is 486 cm³/mol. The number of anilines is 3. The van der Waals surface area contributed by atoms with Crippen molar-refractivity contribution in [3.05, 3.63) is 333 Å². The van der Waals surface area contributed by atoms with Gasteiger partial charge in [0.15, 0.2) is 0 Å². The van der Waals surface area contributed by atoms with Gasteiger partial charge in [0.05, 0.1) is 46.0 Å². The molecule has 11 aromatic carbocycles. The number of rotatable bonds is 24. The van der Waals surface area contributed by atoms with Crippen LogP contribution in [-0.4, -0.2) is 104 Å². The third-order valence-corrected chi connectivity index (χ3v) is 24.9. The molecule has 15 nitrogen and oxygen atoms in total. The zero-order valence-corrected chi connectivity index (χ0v) is 72.8. The average Bonchev–Trinajstić information content (AvgIpc) is 0.837. The highest BCUT2D eigenvalue weighted by Crippen LogP contribution is 2.43. The number of nitrogens with one attached hydrogen (secondary N) is 4. The molecular formula is C97H89Br2Cl5FN9O6. The van der Waals surface area contributed by atoms with Crippen molar-refractivity contribution in [2.24, 2.45) is 0 Å². The minimum Gasteiger partial charge on any atom is -0.360 e. The van der Waals surface area contributed by atoms with Crippen LogP contribution >= 0.6 is 89.9 Å². The first kappa shape index (κ1) is 88.4. The van der Waals surface area contributed by atoms with Gasteiger partial charge in [-0.2, -0.15) is 10.5 Å². The molecule has 3 aliphatic heterocycles. The average molecular weight is 1830 g/mol. The summed E-state index contributed by atoms with van der Waals surface area (Å²) < 4.78 is 28.6. The van der Waals surface area contributed by atoms with Crippen LogP contribution in [-0.2, 0) is 53.7 Å². The molecule has 23 heteroatoms. The number of carbonyl (C=O) groups excluding carboxylic acids is 4. The number of ether oxygens (including phenoxy) is 2. The standard InChI is InChI=1S/2C33H28BrCl2N3O2.C31H33ClFN3O2/c34-28-6-2-4-24(16-28)21-39-13-11-33(12-14-39,41-22-32(40)38-31-18-29(35)17-30(36)19-31)27-9-7-25(8-10-27)26-5-1-3-23(15-26)20-37;34-28-10-4-23(5-11-28)21-39-14-12-33(13-15-39,41-22-32(40)38-31-18-29(35)17-30(36)19-31)27-8-6-25(7-9-27)26-3-1-2-24(16-26)20-37;32-28-19-26(12-13-29(28)33)35-30(38)20-34-31(14-16-36(17-15-31)27-6-1-2-7-27)25-10-8-23(9-11-25)24-5-3-4-22(18-24)21-37/h1-10,15-19H,11-14,21-22H2,(H,38,40);1-11,16-19H,12-15,21-22H2,(H,38,40);3-5,8-13,18-19,21,27,34H,1-2,6-7,14-17,20H2,(H,35,38). The van der Waals surface area contributed by atoms with Gasteiger partial charge in [0.25, 0.3) is 0 Å². The molecule has 614 valence electrons. The van der Waals surface area contributed by atoms with Gasteiger partial charge in [-0.3, -0.25) is 34.3 Å². The van der Waals surface area contributed by atoms with Crippen LogP contribution in [0.4, 0.5) is 21.5 Å². The number of nitriles is 2. The third kappa shape index (κ3) is 24.1. The molecule has 0 atom stereocenters. The van der Waals surface area contributed by atoms with E-state index in [4.69, 9.17) is 67.5 Å². The molecule has 0 radical (unpaired) electrons. The number of piperidine rings is 3. The van der Waals surface area contributed by atoms with E-state index in [-0.39, 0.29) is 48.0 Å². The van der Waals surface area contributed by atoms with E-state index in [1.165, 1.54) is 55.0 Å². The molecule has 4 aliphatic rings. The second kappa shape index (κ2) is 41.9. The molecule has 4 fully saturated rings. The van der Waals surface area contributed by atoms with E-state index in [1.54, 1.807) is 54.6 Å². The summed E-state index contributed by atoms with van der Waals surface area (Å²) in [6, 6.07) is 83.5. The Hall–Kier alpha value is -9.42. The lowest BCUT2D eigenvalue weighted by molar-refractivity contribution is -0.135. The minimum absolute atomic E-state index is 0.0229. The zero-order chi connectivity index (χ0) is 84.2. The molecule has 15 rings (SSSR count). The molecule has 3 saturated heterocycles. The predicted octanol–water partition coefficient (Wildman–Crippen LogP) is 23.3. The van der Waals surface area contributed by atoms with Gasteiger partial charge in [-0.25, -0.2) is 4.39 Å². The third-order valence-electron chi connectivity index (χ3n) is 22.7. The van der Waals surface area contributed by atoms with Crippen LogP contribution in [0.1, 0.15) is 114 Å². The van der Waals surface area contributed by atoms with Crippen molar-refractivity contribution < 1.29 is 33.0 Å². The largest absolute Gasteiger partial charge is 0.360 e. The monoisotopic (exact) mass is 1830 g/mol. The molecule has 1 saturated carbocycles. The summed E-state index contributed by atoms with van der Waals surface area (Å²) in [7, 11) is 0. The summed E-state index contributed by atoms with van der Waals surface area (Å²) in [4.78, 5) is 57.4. The number of halogens is 8. The molecular weight excluding hydrogens is 1740 g/mol. The number of amides is 3. The molecule has 3 amide bonds. The normalized spacial score (nSPS) is 15.8. The summed E-state index contributed by atoms with van der Waals surface area (Å²) in [5, 5.41) is 32.5. The van der Waals surface area contributed by atoms with Crippen molar-refractivity contribution >= 4 is 131 Å². The van der Waals surface area contributed by atoms with Crippen molar-refractivity contribution in [1.29, 1.82) is 10.5 Å². The van der Waals surface area contributed by atoms with Gasteiger partial charge in [-0.1, -0.05) is 242 Å². The summed E-state index contributed by atoms with van der Waals surface area (Å²) in [6.07, 6.45) is 10.8. The van der Waals surface area contributed by atoms with Crippen LogP contribution in [0.5, 0.6) is 0 Å². The molecule has 0 spiro atoms. The molecule has 0 aromatic heterocycles. The van der Waals surface area contributed by atoms with E-state index in [1.807, 2.05) is 60.7 Å². The van der Waals surface area contributed by atoms with Gasteiger partial charge < -0.3 is 30.3 Å². The number of hydrogen-bond donors (Lipinski definition) is 4. The van der Waals surface area contributed by atoms with Gasteiger partial charge in [0.2, 0.25) is 17.7 Å². The van der Waals surface area contributed by atoms with E-state index in [0.29, 0.717) is 59.9 Å². The Morgan fingerprint density at radius 2 is 0.900 bits per heavy atom. The Balaban J connectivity index is 0.000000156. The summed E-state index contributed by atoms with van der Waals surface area (Å²) in [5.74, 6) is -1.26. The Bertz CT molecular complexity index is 5450. The van der Waals surface area contributed by atoms with E-state index < -0.39 is 17.0 Å². The zero-order valence-electron chi connectivity index (χ0n) is 65.9. The van der Waals surface area contributed by atoms with Gasteiger partial charge >= 0.3 is 0 Å². The van der Waals surface area contributed by atoms with Crippen LogP contribution in [0.2, 0.25) is 25.1 Å². The van der Waals surface area contributed by atoms with Crippen molar-refractivity contribution in [3.63, 3.8) is 0 Å². The highest BCUT2D eigenvalue weighted by atomic mass is 79.9. The molecule has 11 aromatic rings. The van der Waals surface area contributed by atoms with Crippen molar-refractivity contribution in [1.82, 2.24) is 20.0 Å².